The Labute approximate surface area is 90.9 Å². The van der Waals surface area contributed by atoms with Gasteiger partial charge in [0.25, 0.3) is 0 Å². The number of aromatic amines is 1. The largest absolute Gasteiger partial charge is 0.307 e. The Kier molecular flexibility index (Phi) is 3.05. The number of hydrogen-bond donors (Lipinski definition) is 2. The van der Waals surface area contributed by atoms with E-state index in [9.17, 15) is 0 Å². The zero-order valence-electron chi connectivity index (χ0n) is 9.58. The smallest absolute Gasteiger partial charge is 0.138 e. The zero-order valence-corrected chi connectivity index (χ0v) is 9.58. The number of hydrogen-bond acceptors (Lipinski definition) is 3. The first-order valence-electron chi connectivity index (χ1n) is 5.73. The van der Waals surface area contributed by atoms with Crippen LogP contribution >= 0.6 is 0 Å². The molecule has 1 atom stereocenters. The number of aromatic nitrogens is 3. The minimum absolute atomic E-state index is 0.497. The van der Waals surface area contributed by atoms with Crippen molar-refractivity contribution in [2.45, 2.75) is 52.1 Å². The lowest BCUT2D eigenvalue weighted by Gasteiger charge is -2.35. The lowest BCUT2D eigenvalue weighted by molar-refractivity contribution is 0.197. The third-order valence-electron chi connectivity index (χ3n) is 3.23. The molecule has 1 aliphatic rings. The summed E-state index contributed by atoms with van der Waals surface area (Å²) in [5.41, 5.74) is 0.497. The Bertz CT molecular complexity index is 292. The van der Waals surface area contributed by atoms with Crippen molar-refractivity contribution >= 4 is 0 Å². The monoisotopic (exact) mass is 208 g/mol. The summed E-state index contributed by atoms with van der Waals surface area (Å²) in [7, 11) is 0. The van der Waals surface area contributed by atoms with Crippen LogP contribution in [0, 0.1) is 5.41 Å². The minimum atomic E-state index is 0.497. The highest BCUT2D eigenvalue weighted by Gasteiger charge is 2.27. The van der Waals surface area contributed by atoms with Crippen molar-refractivity contribution in [3.8, 4) is 0 Å². The van der Waals surface area contributed by atoms with Crippen LogP contribution in [0.4, 0.5) is 0 Å². The van der Waals surface area contributed by atoms with Crippen LogP contribution in [0.25, 0.3) is 0 Å². The maximum absolute atomic E-state index is 4.11. The van der Waals surface area contributed by atoms with Crippen molar-refractivity contribution in [2.24, 2.45) is 5.41 Å². The Morgan fingerprint density at radius 2 is 2.47 bits per heavy atom. The van der Waals surface area contributed by atoms with E-state index in [0.29, 0.717) is 11.5 Å². The van der Waals surface area contributed by atoms with Crippen LogP contribution in [0.5, 0.6) is 0 Å². The van der Waals surface area contributed by atoms with Crippen molar-refractivity contribution in [1.82, 2.24) is 20.5 Å². The normalized spacial score (nSPS) is 25.3. The summed E-state index contributed by atoms with van der Waals surface area (Å²) in [6.45, 7) is 5.52. The summed E-state index contributed by atoms with van der Waals surface area (Å²) in [5.74, 6) is 0.929. The third kappa shape index (κ3) is 3.02. The Morgan fingerprint density at radius 1 is 1.60 bits per heavy atom. The van der Waals surface area contributed by atoms with Crippen LogP contribution < -0.4 is 5.32 Å². The fraction of sp³-hybridized carbons (Fsp3) is 0.818. The number of rotatable bonds is 3. The van der Waals surface area contributed by atoms with Crippen LogP contribution in [-0.4, -0.2) is 21.2 Å². The van der Waals surface area contributed by atoms with Gasteiger partial charge in [0.05, 0.1) is 6.54 Å². The number of nitrogens with zero attached hydrogens (tertiary/aromatic N) is 2. The molecule has 2 rings (SSSR count). The highest BCUT2D eigenvalue weighted by molar-refractivity contribution is 4.86. The highest BCUT2D eigenvalue weighted by atomic mass is 15.2. The molecule has 0 bridgehead atoms. The first-order chi connectivity index (χ1) is 7.16. The molecule has 1 aromatic heterocycles. The topological polar surface area (TPSA) is 53.6 Å². The van der Waals surface area contributed by atoms with Gasteiger partial charge in [-0.2, -0.15) is 5.10 Å². The molecule has 0 amide bonds. The van der Waals surface area contributed by atoms with Crippen molar-refractivity contribution in [1.29, 1.82) is 0 Å². The molecule has 2 N–H and O–H groups in total. The average molecular weight is 208 g/mol. The Morgan fingerprint density at radius 3 is 3.13 bits per heavy atom. The van der Waals surface area contributed by atoms with Crippen LogP contribution in [0.3, 0.4) is 0 Å². The van der Waals surface area contributed by atoms with Gasteiger partial charge in [0, 0.05) is 6.04 Å². The molecular weight excluding hydrogens is 188 g/mol. The Hall–Kier alpha value is -0.900. The molecule has 1 saturated carbocycles. The molecule has 4 heteroatoms. The number of nitrogens with one attached hydrogen (secondary N) is 2. The first-order valence-corrected chi connectivity index (χ1v) is 5.73. The molecule has 1 heterocycles. The lowest BCUT2D eigenvalue weighted by Crippen LogP contribution is -2.37. The van der Waals surface area contributed by atoms with E-state index >= 15 is 0 Å². The van der Waals surface area contributed by atoms with Crippen LogP contribution in [0.1, 0.15) is 45.4 Å². The van der Waals surface area contributed by atoms with Crippen LogP contribution in [0.2, 0.25) is 0 Å². The van der Waals surface area contributed by atoms with E-state index < -0.39 is 0 Å². The van der Waals surface area contributed by atoms with Crippen LogP contribution in [0.15, 0.2) is 6.33 Å². The van der Waals surface area contributed by atoms with Crippen molar-refractivity contribution < 1.29 is 0 Å². The van der Waals surface area contributed by atoms with E-state index in [4.69, 9.17) is 0 Å². The molecule has 1 aliphatic carbocycles. The van der Waals surface area contributed by atoms with Crippen LogP contribution in [-0.2, 0) is 6.54 Å². The summed E-state index contributed by atoms with van der Waals surface area (Å²) < 4.78 is 0. The molecule has 0 aliphatic heterocycles. The van der Waals surface area contributed by atoms with Crippen molar-refractivity contribution in [2.75, 3.05) is 0 Å². The molecule has 1 unspecified atom stereocenters. The van der Waals surface area contributed by atoms with Gasteiger partial charge in [-0.05, 0) is 24.7 Å². The molecule has 1 aromatic rings. The maximum atomic E-state index is 4.11. The third-order valence-corrected chi connectivity index (χ3v) is 3.23. The molecule has 84 valence electrons. The zero-order chi connectivity index (χ0) is 10.7. The quantitative estimate of drug-likeness (QED) is 0.797. The molecule has 15 heavy (non-hydrogen) atoms. The lowest BCUT2D eigenvalue weighted by atomic mass is 9.75. The molecule has 4 nitrogen and oxygen atoms in total. The molecule has 0 aromatic carbocycles. The van der Waals surface area contributed by atoms with Gasteiger partial charge in [0.2, 0.25) is 0 Å². The summed E-state index contributed by atoms with van der Waals surface area (Å²) in [6.07, 6.45) is 6.80. The standard InChI is InChI=1S/C11H20N4/c1-11(2)5-3-4-9(6-11)12-7-10-13-8-14-15-10/h8-9,12H,3-7H2,1-2H3,(H,13,14,15). The van der Waals surface area contributed by atoms with Gasteiger partial charge in [-0.15, -0.1) is 0 Å². The maximum Gasteiger partial charge on any atom is 0.138 e. The fourth-order valence-electron chi connectivity index (χ4n) is 2.43. The summed E-state index contributed by atoms with van der Waals surface area (Å²) >= 11 is 0. The van der Waals surface area contributed by atoms with Gasteiger partial charge in [-0.1, -0.05) is 20.3 Å². The van der Waals surface area contributed by atoms with E-state index in [-0.39, 0.29) is 0 Å². The second-order valence-electron chi connectivity index (χ2n) is 5.27. The Balaban J connectivity index is 1.80. The molecule has 0 spiro atoms. The van der Waals surface area contributed by atoms with E-state index in [1.165, 1.54) is 25.7 Å². The van der Waals surface area contributed by atoms with E-state index in [2.05, 4.69) is 34.3 Å². The first kappa shape index (κ1) is 10.6. The van der Waals surface area contributed by atoms with Gasteiger partial charge >= 0.3 is 0 Å². The van der Waals surface area contributed by atoms with Gasteiger partial charge in [0.15, 0.2) is 0 Å². The van der Waals surface area contributed by atoms with Gasteiger partial charge in [-0.25, -0.2) is 4.98 Å². The second-order valence-corrected chi connectivity index (χ2v) is 5.27. The predicted molar refractivity (Wildman–Crippen MR) is 59.3 cm³/mol. The van der Waals surface area contributed by atoms with Crippen molar-refractivity contribution in [3.05, 3.63) is 12.2 Å². The highest BCUT2D eigenvalue weighted by Crippen LogP contribution is 2.35. The molecule has 0 radical (unpaired) electrons. The summed E-state index contributed by atoms with van der Waals surface area (Å²) in [4.78, 5) is 4.11. The van der Waals surface area contributed by atoms with Gasteiger partial charge in [-0.3, -0.25) is 5.10 Å². The van der Waals surface area contributed by atoms with E-state index in [1.54, 1.807) is 6.33 Å². The van der Waals surface area contributed by atoms with Gasteiger partial charge < -0.3 is 5.32 Å². The van der Waals surface area contributed by atoms with E-state index in [1.807, 2.05) is 0 Å². The summed E-state index contributed by atoms with van der Waals surface area (Å²) in [5, 5.41) is 10.3. The molecular formula is C11H20N4. The average Bonchev–Trinajstić information content (AvgIpc) is 2.65. The van der Waals surface area contributed by atoms with Gasteiger partial charge in [0.1, 0.15) is 12.2 Å². The predicted octanol–water partition coefficient (Wildman–Crippen LogP) is 1.86. The molecule has 0 saturated heterocycles. The molecule has 1 fully saturated rings. The fourth-order valence-corrected chi connectivity index (χ4v) is 2.43. The van der Waals surface area contributed by atoms with E-state index in [0.717, 1.165) is 12.4 Å². The second kappa shape index (κ2) is 4.31. The van der Waals surface area contributed by atoms with Crippen molar-refractivity contribution in [3.63, 3.8) is 0 Å². The minimum Gasteiger partial charge on any atom is -0.307 e. The summed E-state index contributed by atoms with van der Waals surface area (Å²) in [6, 6.07) is 0.638. The number of H-pyrrole nitrogens is 1. The SMILES string of the molecule is CC1(C)CCCC(NCc2ncn[nH]2)C1.